The summed E-state index contributed by atoms with van der Waals surface area (Å²) in [4.78, 5) is 16.5. The minimum Gasteiger partial charge on any atom is -0.473 e. The molecule has 1 fully saturated rings. The average Bonchev–Trinajstić information content (AvgIpc) is 3.07. The van der Waals surface area contributed by atoms with E-state index >= 15 is 0 Å². The van der Waals surface area contributed by atoms with Gasteiger partial charge in [-0.25, -0.2) is 4.98 Å². The lowest BCUT2D eigenvalue weighted by Gasteiger charge is -2.12. The van der Waals surface area contributed by atoms with Gasteiger partial charge in [0, 0.05) is 35.1 Å². The number of carbonyl (C=O) groups excluding carboxylic acids is 1. The Hall–Kier alpha value is -1.72. The quantitative estimate of drug-likeness (QED) is 0.897. The molecule has 120 valence electrons. The van der Waals surface area contributed by atoms with Gasteiger partial charge < -0.3 is 10.1 Å². The third kappa shape index (κ3) is 4.39. The number of pyridine rings is 1. The van der Waals surface area contributed by atoms with Gasteiger partial charge in [0.25, 0.3) is 5.91 Å². The number of aromatic nitrogens is 1. The molecule has 1 amide bonds. The Balaban J connectivity index is 1.61. The molecule has 1 N–H and O–H groups in total. The zero-order valence-corrected chi connectivity index (χ0v) is 14.1. The molecule has 23 heavy (non-hydrogen) atoms. The van der Waals surface area contributed by atoms with Crippen molar-refractivity contribution in [3.05, 3.63) is 58.7 Å². The van der Waals surface area contributed by atoms with E-state index in [1.54, 1.807) is 24.4 Å². The lowest BCUT2D eigenvalue weighted by molar-refractivity contribution is 0.0950. The number of ether oxygens (including phenoxy) is 1. The fraction of sp³-hybridized carbons (Fsp3) is 0.294. The molecule has 0 bridgehead atoms. The minimum absolute atomic E-state index is 0.169. The molecule has 1 aliphatic rings. The van der Waals surface area contributed by atoms with Gasteiger partial charge in [0.2, 0.25) is 5.88 Å². The van der Waals surface area contributed by atoms with E-state index in [1.165, 1.54) is 0 Å². The second-order valence-corrected chi connectivity index (χ2v) is 6.82. The van der Waals surface area contributed by atoms with E-state index in [0.29, 0.717) is 23.0 Å². The highest BCUT2D eigenvalue weighted by Crippen LogP contribution is 2.22. The van der Waals surface area contributed by atoms with E-state index in [0.717, 1.165) is 23.5 Å². The highest BCUT2D eigenvalue weighted by Gasteiger charge is 2.18. The van der Waals surface area contributed by atoms with Crippen LogP contribution in [0.5, 0.6) is 5.88 Å². The maximum atomic E-state index is 12.3. The van der Waals surface area contributed by atoms with Crippen LogP contribution in [0.15, 0.2) is 42.6 Å². The van der Waals surface area contributed by atoms with Crippen molar-refractivity contribution >= 4 is 29.3 Å². The summed E-state index contributed by atoms with van der Waals surface area (Å²) in [5.74, 6) is 2.42. The molecule has 1 aromatic heterocycles. The van der Waals surface area contributed by atoms with Crippen LogP contribution in [0.25, 0.3) is 0 Å². The molecule has 0 saturated carbocycles. The summed E-state index contributed by atoms with van der Waals surface area (Å²) in [6, 6.07) is 10.8. The number of nitrogens with one attached hydrogen (secondary N) is 1. The van der Waals surface area contributed by atoms with Crippen LogP contribution in [0.3, 0.4) is 0 Å². The van der Waals surface area contributed by atoms with Gasteiger partial charge in [0.1, 0.15) is 6.10 Å². The first-order valence-corrected chi connectivity index (χ1v) is 8.98. The van der Waals surface area contributed by atoms with E-state index in [9.17, 15) is 4.79 Å². The van der Waals surface area contributed by atoms with Gasteiger partial charge in [-0.05, 0) is 29.9 Å². The summed E-state index contributed by atoms with van der Waals surface area (Å²) in [6.45, 7) is 0.385. The lowest BCUT2D eigenvalue weighted by Crippen LogP contribution is -2.23. The predicted octanol–water partition coefficient (Wildman–Crippen LogP) is 3.55. The van der Waals surface area contributed by atoms with Gasteiger partial charge in [-0.15, -0.1) is 0 Å². The normalized spacial score (nSPS) is 17.0. The van der Waals surface area contributed by atoms with Crippen molar-refractivity contribution in [2.24, 2.45) is 0 Å². The molecular weight excluding hydrogens is 332 g/mol. The molecule has 0 aliphatic carbocycles. The zero-order chi connectivity index (χ0) is 16.1. The topological polar surface area (TPSA) is 51.2 Å². The summed E-state index contributed by atoms with van der Waals surface area (Å²) >= 11 is 7.97. The maximum Gasteiger partial charge on any atom is 0.251 e. The van der Waals surface area contributed by atoms with Crippen molar-refractivity contribution in [3.8, 4) is 5.88 Å². The third-order valence-electron chi connectivity index (χ3n) is 3.57. The Bertz CT molecular complexity index is 690. The van der Waals surface area contributed by atoms with Gasteiger partial charge >= 0.3 is 0 Å². The third-order valence-corrected chi connectivity index (χ3v) is 5.07. The fourth-order valence-corrected chi connectivity index (χ4v) is 3.61. The lowest BCUT2D eigenvalue weighted by atomic mass is 10.2. The summed E-state index contributed by atoms with van der Waals surface area (Å²) in [5.41, 5.74) is 1.42. The summed E-state index contributed by atoms with van der Waals surface area (Å²) in [7, 11) is 0. The van der Waals surface area contributed by atoms with E-state index in [1.807, 2.05) is 30.0 Å². The smallest absolute Gasteiger partial charge is 0.251 e. The van der Waals surface area contributed by atoms with Crippen molar-refractivity contribution in [2.75, 3.05) is 11.5 Å². The van der Waals surface area contributed by atoms with Crippen molar-refractivity contribution in [3.63, 3.8) is 0 Å². The molecule has 0 radical (unpaired) electrons. The molecule has 1 aromatic carbocycles. The first-order chi connectivity index (χ1) is 11.2. The van der Waals surface area contributed by atoms with Gasteiger partial charge in [-0.3, -0.25) is 4.79 Å². The van der Waals surface area contributed by atoms with Crippen LogP contribution in [0.2, 0.25) is 5.02 Å². The Morgan fingerprint density at radius 3 is 3.04 bits per heavy atom. The number of halogens is 1. The summed E-state index contributed by atoms with van der Waals surface area (Å²) < 4.78 is 5.81. The summed E-state index contributed by atoms with van der Waals surface area (Å²) in [6.07, 6.45) is 2.81. The molecule has 1 atom stereocenters. The second-order valence-electron chi connectivity index (χ2n) is 5.26. The number of amides is 1. The first-order valence-electron chi connectivity index (χ1n) is 7.44. The molecule has 4 nitrogen and oxygen atoms in total. The van der Waals surface area contributed by atoms with Crippen LogP contribution >= 0.6 is 23.4 Å². The van der Waals surface area contributed by atoms with Crippen molar-refractivity contribution in [1.29, 1.82) is 0 Å². The number of rotatable bonds is 5. The number of benzene rings is 1. The van der Waals surface area contributed by atoms with E-state index < -0.39 is 0 Å². The van der Waals surface area contributed by atoms with Gasteiger partial charge in [-0.1, -0.05) is 29.8 Å². The number of hydrogen-bond donors (Lipinski definition) is 1. The van der Waals surface area contributed by atoms with Crippen LogP contribution in [0.4, 0.5) is 0 Å². The minimum atomic E-state index is -0.169. The van der Waals surface area contributed by atoms with Crippen LogP contribution in [-0.4, -0.2) is 28.5 Å². The van der Waals surface area contributed by atoms with Gasteiger partial charge in [0.15, 0.2) is 0 Å². The molecule has 2 heterocycles. The zero-order valence-electron chi connectivity index (χ0n) is 12.5. The number of carbonyl (C=O) groups is 1. The SMILES string of the molecule is O=C(NCc1ccccc1Cl)c1ccnc(O[C@@H]2CCSC2)c1. The average molecular weight is 349 g/mol. The van der Waals surface area contributed by atoms with Crippen molar-refractivity contribution in [2.45, 2.75) is 19.1 Å². The predicted molar refractivity (Wildman–Crippen MR) is 93.2 cm³/mol. The van der Waals surface area contributed by atoms with Gasteiger partial charge in [-0.2, -0.15) is 11.8 Å². The number of nitrogens with zero attached hydrogens (tertiary/aromatic N) is 1. The molecule has 6 heteroatoms. The number of thioether (sulfide) groups is 1. The Kier molecular flexibility index (Phi) is 5.41. The van der Waals surface area contributed by atoms with E-state index in [-0.39, 0.29) is 12.0 Å². The van der Waals surface area contributed by atoms with E-state index in [2.05, 4.69) is 10.3 Å². The molecule has 0 spiro atoms. The highest BCUT2D eigenvalue weighted by atomic mass is 35.5. The molecule has 1 saturated heterocycles. The molecule has 2 aromatic rings. The maximum absolute atomic E-state index is 12.3. The monoisotopic (exact) mass is 348 g/mol. The van der Waals surface area contributed by atoms with Crippen LogP contribution < -0.4 is 10.1 Å². The fourth-order valence-electron chi connectivity index (χ4n) is 2.31. The largest absolute Gasteiger partial charge is 0.473 e. The first kappa shape index (κ1) is 16.1. The Morgan fingerprint density at radius 1 is 1.39 bits per heavy atom. The Labute approximate surface area is 144 Å². The number of hydrogen-bond acceptors (Lipinski definition) is 4. The van der Waals surface area contributed by atoms with Crippen molar-refractivity contribution in [1.82, 2.24) is 10.3 Å². The molecular formula is C17H17ClN2O2S. The van der Waals surface area contributed by atoms with Crippen LogP contribution in [0.1, 0.15) is 22.3 Å². The molecule has 3 rings (SSSR count). The van der Waals surface area contributed by atoms with Crippen LogP contribution in [0, 0.1) is 0 Å². The van der Waals surface area contributed by atoms with Gasteiger partial charge in [0.05, 0.1) is 0 Å². The standard InChI is InChI=1S/C17H17ClN2O2S/c18-15-4-2-1-3-13(15)10-20-17(21)12-5-7-19-16(9-12)22-14-6-8-23-11-14/h1-5,7,9,14H,6,8,10-11H2,(H,20,21)/t14-/m1/s1. The Morgan fingerprint density at radius 2 is 2.26 bits per heavy atom. The second kappa shape index (κ2) is 7.70. The van der Waals surface area contributed by atoms with Crippen molar-refractivity contribution < 1.29 is 9.53 Å². The highest BCUT2D eigenvalue weighted by molar-refractivity contribution is 7.99. The summed E-state index contributed by atoms with van der Waals surface area (Å²) in [5, 5.41) is 3.51. The molecule has 0 unspecified atom stereocenters. The van der Waals surface area contributed by atoms with E-state index in [4.69, 9.17) is 16.3 Å². The molecule has 1 aliphatic heterocycles. The van der Waals surface area contributed by atoms with Crippen LogP contribution in [-0.2, 0) is 6.54 Å².